The van der Waals surface area contributed by atoms with Crippen molar-refractivity contribution in [3.63, 3.8) is 0 Å². The number of ether oxygens (including phenoxy) is 1. The number of halogens is 3. The Morgan fingerprint density at radius 3 is 2.39 bits per heavy atom. The van der Waals surface area contributed by atoms with Crippen LogP contribution in [0, 0.1) is 5.92 Å². The van der Waals surface area contributed by atoms with Crippen LogP contribution in [0.3, 0.4) is 0 Å². The molecule has 6 rings (SSSR count). The van der Waals surface area contributed by atoms with E-state index in [4.69, 9.17) is 10.5 Å². The van der Waals surface area contributed by atoms with Crippen molar-refractivity contribution in [1.82, 2.24) is 9.78 Å². The molecule has 1 aliphatic carbocycles. The molecule has 0 aliphatic heterocycles. The molecule has 0 spiro atoms. The maximum atomic E-state index is 13.6. The van der Waals surface area contributed by atoms with Gasteiger partial charge in [-0.15, -0.1) is 0 Å². The lowest BCUT2D eigenvalue weighted by Gasteiger charge is -2.26. The minimum absolute atomic E-state index is 0.193. The zero-order chi connectivity index (χ0) is 32.1. The third-order valence-corrected chi connectivity index (χ3v) is 7.79. The monoisotopic (exact) mass is 625 g/mol. The second-order valence-electron chi connectivity index (χ2n) is 11.4. The molecular weight excluding hydrogens is 591 g/mol. The van der Waals surface area contributed by atoms with Crippen LogP contribution in [0.5, 0.6) is 5.75 Å². The van der Waals surface area contributed by atoms with Crippen molar-refractivity contribution < 1.29 is 22.7 Å². The van der Waals surface area contributed by atoms with Crippen LogP contribution in [0.2, 0.25) is 0 Å². The SMILES string of the molecule is NCc1cccc(-n2nc(C(F)(F)F)cc2C(=O)Nc2cccc(CN(CC3CC3)c3cccc(OCc4ccccc4)c3)c2)c1. The molecule has 0 unspecified atom stereocenters. The lowest BCUT2D eigenvalue weighted by atomic mass is 10.1. The van der Waals surface area contributed by atoms with Crippen LogP contribution in [0.15, 0.2) is 109 Å². The van der Waals surface area contributed by atoms with Gasteiger partial charge in [0.2, 0.25) is 0 Å². The topological polar surface area (TPSA) is 85.4 Å². The molecule has 1 aromatic heterocycles. The molecule has 0 saturated heterocycles. The van der Waals surface area contributed by atoms with Gasteiger partial charge in [0, 0.05) is 43.1 Å². The number of rotatable bonds is 12. The summed E-state index contributed by atoms with van der Waals surface area (Å²) in [4.78, 5) is 15.7. The Morgan fingerprint density at radius 1 is 0.891 bits per heavy atom. The van der Waals surface area contributed by atoms with Crippen LogP contribution in [0.25, 0.3) is 5.69 Å². The molecule has 236 valence electrons. The van der Waals surface area contributed by atoms with Crippen molar-refractivity contribution in [1.29, 1.82) is 0 Å². The summed E-state index contributed by atoms with van der Waals surface area (Å²) in [5.74, 6) is 0.670. The fraction of sp³-hybridized carbons (Fsp3) is 0.222. The second-order valence-corrected chi connectivity index (χ2v) is 11.4. The van der Waals surface area contributed by atoms with E-state index in [1.54, 1.807) is 30.3 Å². The van der Waals surface area contributed by atoms with Crippen LogP contribution in [0.1, 0.15) is 45.7 Å². The average Bonchev–Trinajstić information content (AvgIpc) is 3.76. The maximum absolute atomic E-state index is 13.6. The molecule has 1 amide bonds. The number of carbonyl (C=O) groups is 1. The molecule has 46 heavy (non-hydrogen) atoms. The van der Waals surface area contributed by atoms with Crippen LogP contribution >= 0.6 is 0 Å². The van der Waals surface area contributed by atoms with Gasteiger partial charge in [-0.25, -0.2) is 4.68 Å². The standard InChI is InChI=1S/C36H34F3N5O2/c37-36(38,39)34-20-33(44(42-34)31-13-5-9-27(18-31)21-40)35(45)41-29-11-4-10-28(17-29)23-43(22-25-15-16-25)30-12-6-14-32(19-30)46-24-26-7-2-1-3-8-26/h1-14,17-20,25H,15-16,21-24,40H2,(H,41,45). The number of carbonyl (C=O) groups excluding carboxylic acids is 1. The molecule has 0 bridgehead atoms. The fourth-order valence-electron chi connectivity index (χ4n) is 5.24. The van der Waals surface area contributed by atoms with E-state index in [1.807, 2.05) is 66.7 Å². The Morgan fingerprint density at radius 2 is 1.63 bits per heavy atom. The average molecular weight is 626 g/mol. The van der Waals surface area contributed by atoms with Gasteiger partial charge in [-0.05, 0) is 71.8 Å². The fourth-order valence-corrected chi connectivity index (χ4v) is 5.24. The van der Waals surface area contributed by atoms with Gasteiger partial charge in [0.15, 0.2) is 5.69 Å². The molecule has 0 radical (unpaired) electrons. The van der Waals surface area contributed by atoms with Crippen molar-refractivity contribution in [3.05, 3.63) is 137 Å². The highest BCUT2D eigenvalue weighted by Gasteiger charge is 2.36. The third-order valence-electron chi connectivity index (χ3n) is 7.79. The summed E-state index contributed by atoms with van der Waals surface area (Å²) in [5, 5.41) is 6.50. The molecule has 1 heterocycles. The molecule has 1 aliphatic rings. The van der Waals surface area contributed by atoms with Crippen LogP contribution in [-0.2, 0) is 25.9 Å². The summed E-state index contributed by atoms with van der Waals surface area (Å²) in [6, 6.07) is 32.7. The predicted octanol–water partition coefficient (Wildman–Crippen LogP) is 7.60. The summed E-state index contributed by atoms with van der Waals surface area (Å²) in [7, 11) is 0. The number of benzene rings is 4. The van der Waals surface area contributed by atoms with Gasteiger partial charge in [-0.1, -0.05) is 60.7 Å². The highest BCUT2D eigenvalue weighted by Crippen LogP contribution is 2.34. The zero-order valence-corrected chi connectivity index (χ0v) is 25.1. The van der Waals surface area contributed by atoms with E-state index in [1.165, 1.54) is 12.8 Å². The summed E-state index contributed by atoms with van der Waals surface area (Å²) in [5.41, 5.74) is 8.85. The molecule has 0 atom stereocenters. The Labute approximate surface area is 265 Å². The molecule has 5 aromatic rings. The highest BCUT2D eigenvalue weighted by molar-refractivity contribution is 6.03. The van der Waals surface area contributed by atoms with E-state index in [0.29, 0.717) is 36.0 Å². The van der Waals surface area contributed by atoms with Gasteiger partial charge in [0.1, 0.15) is 18.1 Å². The van der Waals surface area contributed by atoms with Gasteiger partial charge in [-0.3, -0.25) is 4.79 Å². The summed E-state index contributed by atoms with van der Waals surface area (Å²) in [6.07, 6.45) is -2.36. The number of hydrogen-bond donors (Lipinski definition) is 2. The zero-order valence-electron chi connectivity index (χ0n) is 25.1. The largest absolute Gasteiger partial charge is 0.489 e. The maximum Gasteiger partial charge on any atom is 0.435 e. The third kappa shape index (κ3) is 7.76. The van der Waals surface area contributed by atoms with Crippen molar-refractivity contribution in [3.8, 4) is 11.4 Å². The van der Waals surface area contributed by atoms with Crippen molar-refractivity contribution in [2.45, 2.75) is 38.7 Å². The molecule has 1 saturated carbocycles. The van der Waals surface area contributed by atoms with Crippen molar-refractivity contribution in [2.24, 2.45) is 11.7 Å². The minimum atomic E-state index is -4.72. The Bertz CT molecular complexity index is 1800. The smallest absolute Gasteiger partial charge is 0.435 e. The van der Waals surface area contributed by atoms with Gasteiger partial charge in [0.05, 0.1) is 5.69 Å². The lowest BCUT2D eigenvalue weighted by Crippen LogP contribution is -2.25. The quantitative estimate of drug-likeness (QED) is 0.149. The number of nitrogens with zero attached hydrogens (tertiary/aromatic N) is 3. The van der Waals surface area contributed by atoms with E-state index in [9.17, 15) is 18.0 Å². The molecule has 4 aromatic carbocycles. The summed E-state index contributed by atoms with van der Waals surface area (Å²) >= 11 is 0. The predicted molar refractivity (Wildman–Crippen MR) is 172 cm³/mol. The molecule has 7 nitrogen and oxygen atoms in total. The molecule has 3 N–H and O–H groups in total. The van der Waals surface area contributed by atoms with Gasteiger partial charge in [-0.2, -0.15) is 18.3 Å². The number of alkyl halides is 3. The minimum Gasteiger partial charge on any atom is -0.489 e. The van der Waals surface area contributed by atoms with E-state index >= 15 is 0 Å². The van der Waals surface area contributed by atoms with E-state index in [-0.39, 0.29) is 12.2 Å². The first-order valence-electron chi connectivity index (χ1n) is 15.1. The molecule has 10 heteroatoms. The number of nitrogens with one attached hydrogen (secondary N) is 1. The van der Waals surface area contributed by atoms with Crippen molar-refractivity contribution in [2.75, 3.05) is 16.8 Å². The Hall–Kier alpha value is -5.09. The number of nitrogens with two attached hydrogens (primary N) is 1. The first-order chi connectivity index (χ1) is 22.2. The van der Waals surface area contributed by atoms with E-state index < -0.39 is 17.8 Å². The molecule has 1 fully saturated rings. The van der Waals surface area contributed by atoms with Crippen LogP contribution in [0.4, 0.5) is 24.5 Å². The molecular formula is C36H34F3N5O2. The summed E-state index contributed by atoms with van der Waals surface area (Å²) in [6.45, 7) is 2.11. The van der Waals surface area contributed by atoms with Gasteiger partial charge < -0.3 is 20.7 Å². The lowest BCUT2D eigenvalue weighted by molar-refractivity contribution is -0.141. The number of amides is 1. The number of aromatic nitrogens is 2. The second kappa shape index (κ2) is 13.5. The normalized spacial score (nSPS) is 13.0. The number of anilines is 2. The van der Waals surface area contributed by atoms with Crippen molar-refractivity contribution >= 4 is 17.3 Å². The summed E-state index contributed by atoms with van der Waals surface area (Å²) < 4.78 is 48.0. The van der Waals surface area contributed by atoms with Crippen LogP contribution in [-0.4, -0.2) is 22.2 Å². The van der Waals surface area contributed by atoms with E-state index in [2.05, 4.69) is 21.4 Å². The first kappa shape index (κ1) is 30.9. The highest BCUT2D eigenvalue weighted by atomic mass is 19.4. The van der Waals surface area contributed by atoms with Gasteiger partial charge in [0.25, 0.3) is 5.91 Å². The van der Waals surface area contributed by atoms with Gasteiger partial charge >= 0.3 is 6.18 Å². The Kier molecular flexibility index (Phi) is 9.07. The number of hydrogen-bond acceptors (Lipinski definition) is 5. The van der Waals surface area contributed by atoms with Crippen LogP contribution < -0.4 is 20.7 Å². The van der Waals surface area contributed by atoms with E-state index in [0.717, 1.165) is 39.9 Å². The first-order valence-corrected chi connectivity index (χ1v) is 15.1. The Balaban J connectivity index is 1.21.